The molecule has 0 atom stereocenters. The molecule has 0 saturated carbocycles. The molecule has 0 aliphatic rings. The third kappa shape index (κ3) is 11.8. The summed E-state index contributed by atoms with van der Waals surface area (Å²) in [6, 6.07) is 4.13. The van der Waals surface area contributed by atoms with Crippen LogP contribution in [0.3, 0.4) is 0 Å². The van der Waals surface area contributed by atoms with Gasteiger partial charge in [-0.1, -0.05) is 49.9 Å². The number of oxime groups is 1. The highest BCUT2D eigenvalue weighted by molar-refractivity contribution is 5.83. The van der Waals surface area contributed by atoms with E-state index in [0.29, 0.717) is 6.61 Å². The molecule has 0 amide bonds. The molecule has 176 valence electrons. The van der Waals surface area contributed by atoms with Crippen molar-refractivity contribution in [2.75, 3.05) is 40.0 Å². The Kier molecular flexibility index (Phi) is 14.5. The SMILES string of the molecule is C/C=C/COc1cc(C)c(OCCCCCCCCN(CC)CC(C)=NOC)c(C)c1. The predicted molar refractivity (Wildman–Crippen MR) is 132 cm³/mol. The van der Waals surface area contributed by atoms with Crippen molar-refractivity contribution in [3.63, 3.8) is 0 Å². The lowest BCUT2D eigenvalue weighted by Gasteiger charge is -2.19. The lowest BCUT2D eigenvalue weighted by Crippen LogP contribution is -2.29. The van der Waals surface area contributed by atoms with Gasteiger partial charge >= 0.3 is 0 Å². The minimum Gasteiger partial charge on any atom is -0.493 e. The van der Waals surface area contributed by atoms with Crippen LogP contribution in [0.2, 0.25) is 0 Å². The fourth-order valence-electron chi connectivity index (χ4n) is 3.64. The normalized spacial score (nSPS) is 12.0. The molecule has 0 unspecified atom stereocenters. The summed E-state index contributed by atoms with van der Waals surface area (Å²) in [6.07, 6.45) is 11.4. The van der Waals surface area contributed by atoms with Gasteiger partial charge in [-0.3, -0.25) is 4.90 Å². The summed E-state index contributed by atoms with van der Waals surface area (Å²) in [7, 11) is 1.60. The highest BCUT2D eigenvalue weighted by atomic mass is 16.6. The van der Waals surface area contributed by atoms with Crippen molar-refractivity contribution in [1.82, 2.24) is 4.90 Å². The Bertz CT molecular complexity index is 648. The molecular formula is C26H44N2O3. The van der Waals surface area contributed by atoms with Crippen LogP contribution in [-0.4, -0.2) is 50.6 Å². The molecule has 0 heterocycles. The van der Waals surface area contributed by atoms with Gasteiger partial charge in [0.05, 0.1) is 12.3 Å². The molecule has 5 heteroatoms. The summed E-state index contributed by atoms with van der Waals surface area (Å²) in [5.41, 5.74) is 3.31. The van der Waals surface area contributed by atoms with Crippen molar-refractivity contribution < 1.29 is 14.3 Å². The highest BCUT2D eigenvalue weighted by Crippen LogP contribution is 2.28. The summed E-state index contributed by atoms with van der Waals surface area (Å²) in [4.78, 5) is 7.27. The number of benzene rings is 1. The topological polar surface area (TPSA) is 43.3 Å². The number of ether oxygens (including phenoxy) is 2. The third-order valence-corrected chi connectivity index (χ3v) is 5.28. The average molecular weight is 433 g/mol. The monoisotopic (exact) mass is 432 g/mol. The maximum atomic E-state index is 6.08. The molecule has 0 bridgehead atoms. The standard InChI is InChI=1S/C26H44N2O3/c1-7-9-17-30-25-19-22(3)26(23(4)20-25)31-18-15-13-11-10-12-14-16-28(8-2)21-24(5)27-29-6/h7,9,19-20H,8,10-18,21H2,1-6H3/b9-7+,27-24?. The second-order valence-corrected chi connectivity index (χ2v) is 8.11. The molecular weight excluding hydrogens is 388 g/mol. The number of hydrogen-bond acceptors (Lipinski definition) is 5. The Hall–Kier alpha value is -2.01. The van der Waals surface area contributed by atoms with Crippen LogP contribution in [0.4, 0.5) is 0 Å². The van der Waals surface area contributed by atoms with E-state index in [2.05, 4.69) is 43.0 Å². The van der Waals surface area contributed by atoms with E-state index in [1.54, 1.807) is 7.11 Å². The zero-order valence-electron chi connectivity index (χ0n) is 20.7. The molecule has 0 aliphatic carbocycles. The Balaban J connectivity index is 2.18. The van der Waals surface area contributed by atoms with Crippen LogP contribution in [0.25, 0.3) is 0 Å². The second kappa shape index (κ2) is 16.7. The lowest BCUT2D eigenvalue weighted by atomic mass is 10.1. The van der Waals surface area contributed by atoms with Gasteiger partial charge in [0, 0.05) is 6.54 Å². The van der Waals surface area contributed by atoms with Crippen molar-refractivity contribution in [1.29, 1.82) is 0 Å². The van der Waals surface area contributed by atoms with Crippen LogP contribution >= 0.6 is 0 Å². The first-order valence-electron chi connectivity index (χ1n) is 11.8. The molecule has 0 N–H and O–H groups in total. The lowest BCUT2D eigenvalue weighted by molar-refractivity contribution is 0.209. The Labute approximate surface area is 190 Å². The summed E-state index contributed by atoms with van der Waals surface area (Å²) >= 11 is 0. The van der Waals surface area contributed by atoms with Gasteiger partial charge in [-0.25, -0.2) is 0 Å². The molecule has 0 aliphatic heterocycles. The quantitative estimate of drug-likeness (QED) is 0.125. The zero-order valence-corrected chi connectivity index (χ0v) is 20.7. The maximum absolute atomic E-state index is 6.08. The van der Waals surface area contributed by atoms with E-state index in [1.165, 1.54) is 32.1 Å². The molecule has 5 nitrogen and oxygen atoms in total. The molecule has 0 fully saturated rings. The summed E-state index contributed by atoms with van der Waals surface area (Å²) in [5.74, 6) is 1.91. The smallest absolute Gasteiger partial charge is 0.125 e. The minimum absolute atomic E-state index is 0.605. The Morgan fingerprint density at radius 1 is 1.00 bits per heavy atom. The summed E-state index contributed by atoms with van der Waals surface area (Å²) < 4.78 is 11.8. The van der Waals surface area contributed by atoms with Gasteiger partial charge in [0.1, 0.15) is 25.2 Å². The molecule has 0 spiro atoms. The van der Waals surface area contributed by atoms with Crippen molar-refractivity contribution in [2.24, 2.45) is 5.16 Å². The van der Waals surface area contributed by atoms with Crippen molar-refractivity contribution >= 4 is 5.71 Å². The molecule has 0 radical (unpaired) electrons. The van der Waals surface area contributed by atoms with Gasteiger partial charge in [0.15, 0.2) is 0 Å². The van der Waals surface area contributed by atoms with E-state index < -0.39 is 0 Å². The van der Waals surface area contributed by atoms with Gasteiger partial charge in [-0.05, 0) is 76.9 Å². The van der Waals surface area contributed by atoms with Crippen molar-refractivity contribution in [2.45, 2.75) is 73.1 Å². The van der Waals surface area contributed by atoms with Crippen LogP contribution in [0.1, 0.15) is 70.4 Å². The van der Waals surface area contributed by atoms with E-state index in [1.807, 2.05) is 26.0 Å². The molecule has 31 heavy (non-hydrogen) atoms. The van der Waals surface area contributed by atoms with E-state index >= 15 is 0 Å². The van der Waals surface area contributed by atoms with Gasteiger partial charge in [-0.2, -0.15) is 0 Å². The van der Waals surface area contributed by atoms with Gasteiger partial charge in [0.25, 0.3) is 0 Å². The third-order valence-electron chi connectivity index (χ3n) is 5.28. The van der Waals surface area contributed by atoms with Crippen LogP contribution in [0.15, 0.2) is 29.4 Å². The first-order chi connectivity index (χ1) is 15.0. The average Bonchev–Trinajstić information content (AvgIpc) is 2.73. The van der Waals surface area contributed by atoms with Crippen molar-refractivity contribution in [3.05, 3.63) is 35.4 Å². The predicted octanol–water partition coefficient (Wildman–Crippen LogP) is 6.32. The Morgan fingerprint density at radius 3 is 2.26 bits per heavy atom. The number of unbranched alkanes of at least 4 members (excludes halogenated alkanes) is 5. The summed E-state index contributed by atoms with van der Waals surface area (Å²) in [5, 5.41) is 4.00. The fraction of sp³-hybridized carbons (Fsp3) is 0.654. The van der Waals surface area contributed by atoms with Crippen LogP contribution < -0.4 is 9.47 Å². The van der Waals surface area contributed by atoms with Gasteiger partial charge in [0.2, 0.25) is 0 Å². The van der Waals surface area contributed by atoms with Crippen LogP contribution in [0.5, 0.6) is 11.5 Å². The maximum Gasteiger partial charge on any atom is 0.125 e. The Morgan fingerprint density at radius 2 is 1.65 bits per heavy atom. The zero-order chi connectivity index (χ0) is 22.9. The molecule has 1 aromatic rings. The number of hydrogen-bond donors (Lipinski definition) is 0. The number of allylic oxidation sites excluding steroid dienone is 1. The first kappa shape index (κ1) is 27.0. The molecule has 0 saturated heterocycles. The van der Waals surface area contributed by atoms with Gasteiger partial charge < -0.3 is 14.3 Å². The van der Waals surface area contributed by atoms with Crippen LogP contribution in [-0.2, 0) is 4.84 Å². The van der Waals surface area contributed by atoms with Crippen molar-refractivity contribution in [3.8, 4) is 11.5 Å². The van der Waals surface area contributed by atoms with E-state index in [4.69, 9.17) is 14.3 Å². The van der Waals surface area contributed by atoms with Gasteiger partial charge in [-0.15, -0.1) is 0 Å². The highest BCUT2D eigenvalue weighted by Gasteiger charge is 2.07. The summed E-state index contributed by atoms with van der Waals surface area (Å²) in [6.45, 7) is 14.9. The largest absolute Gasteiger partial charge is 0.493 e. The first-order valence-corrected chi connectivity index (χ1v) is 11.8. The van der Waals surface area contributed by atoms with E-state index in [-0.39, 0.29) is 0 Å². The van der Waals surface area contributed by atoms with Crippen LogP contribution in [0, 0.1) is 13.8 Å². The number of rotatable bonds is 17. The number of nitrogens with zero attached hydrogens (tertiary/aromatic N) is 2. The molecule has 0 aromatic heterocycles. The van der Waals surface area contributed by atoms with E-state index in [9.17, 15) is 0 Å². The molecule has 1 rings (SSSR count). The van der Waals surface area contributed by atoms with E-state index in [0.717, 1.165) is 61.0 Å². The minimum atomic E-state index is 0.605. The number of aryl methyl sites for hydroxylation is 2. The fourth-order valence-corrected chi connectivity index (χ4v) is 3.64. The molecule has 1 aromatic carbocycles. The second-order valence-electron chi connectivity index (χ2n) is 8.11.